The van der Waals surface area contributed by atoms with E-state index in [2.05, 4.69) is 44.5 Å². The number of ether oxygens (including phenoxy) is 1. The molecule has 0 unspecified atom stereocenters. The van der Waals surface area contributed by atoms with Crippen LogP contribution in [0.25, 0.3) is 0 Å². The summed E-state index contributed by atoms with van der Waals surface area (Å²) in [4.78, 5) is 24.1. The molecule has 33 heavy (non-hydrogen) atoms. The lowest BCUT2D eigenvalue weighted by atomic mass is 10.2. The van der Waals surface area contributed by atoms with E-state index in [1.807, 2.05) is 49.5 Å². The second-order valence-corrected chi connectivity index (χ2v) is 8.47. The molecule has 0 radical (unpaired) electrons. The number of rotatable bonds is 6. The second kappa shape index (κ2) is 10.9. The fourth-order valence-electron chi connectivity index (χ4n) is 3.29. The van der Waals surface area contributed by atoms with Crippen molar-refractivity contribution in [1.29, 1.82) is 0 Å². The zero-order valence-electron chi connectivity index (χ0n) is 18.6. The van der Waals surface area contributed by atoms with Crippen LogP contribution in [-0.2, 0) is 9.53 Å². The number of morpholine rings is 1. The van der Waals surface area contributed by atoms with Crippen LogP contribution >= 0.6 is 11.8 Å². The Balaban J connectivity index is 1.41. The number of amides is 1. The molecule has 1 amide bonds. The van der Waals surface area contributed by atoms with Gasteiger partial charge >= 0.3 is 0 Å². The number of hydrogen-bond donors (Lipinski definition) is 2. The third kappa shape index (κ3) is 6.25. The van der Waals surface area contributed by atoms with Gasteiger partial charge in [-0.3, -0.25) is 4.79 Å². The smallest absolute Gasteiger partial charge is 0.300 e. The van der Waals surface area contributed by atoms with Crippen molar-refractivity contribution >= 4 is 40.7 Å². The standard InChI is InChI=1S/C25H25N5O2S/c1-3-4-23(31)27-19-7-11-22(12-8-19)33-24-18(2)17-26-25(29-24)28-20-5-9-21(10-6-20)30-13-15-32-16-14-30/h5-12,17H,13-16H2,1-2H3,(H,27,31)(H,26,28,29). The van der Waals surface area contributed by atoms with Gasteiger partial charge in [-0.1, -0.05) is 17.7 Å². The van der Waals surface area contributed by atoms with Gasteiger partial charge < -0.3 is 20.3 Å². The van der Waals surface area contributed by atoms with E-state index >= 15 is 0 Å². The normalized spacial score (nSPS) is 13.1. The highest BCUT2D eigenvalue weighted by Gasteiger charge is 2.11. The highest BCUT2D eigenvalue weighted by molar-refractivity contribution is 7.99. The van der Waals surface area contributed by atoms with Crippen molar-refractivity contribution in [1.82, 2.24) is 9.97 Å². The summed E-state index contributed by atoms with van der Waals surface area (Å²) in [6.45, 7) is 6.97. The zero-order valence-corrected chi connectivity index (χ0v) is 19.4. The minimum Gasteiger partial charge on any atom is -0.378 e. The average Bonchev–Trinajstić information content (AvgIpc) is 2.84. The number of aromatic nitrogens is 2. The van der Waals surface area contributed by atoms with E-state index in [0.717, 1.165) is 47.5 Å². The molecule has 168 valence electrons. The number of aryl methyl sites for hydroxylation is 1. The zero-order chi connectivity index (χ0) is 23.0. The molecule has 2 aromatic carbocycles. The van der Waals surface area contributed by atoms with Crippen LogP contribution in [-0.4, -0.2) is 42.2 Å². The fourth-order valence-corrected chi connectivity index (χ4v) is 4.13. The first-order valence-corrected chi connectivity index (χ1v) is 11.5. The van der Waals surface area contributed by atoms with E-state index < -0.39 is 0 Å². The number of carbonyl (C=O) groups excluding carboxylic acids is 1. The van der Waals surface area contributed by atoms with Crippen molar-refractivity contribution < 1.29 is 9.53 Å². The predicted octanol–water partition coefficient (Wildman–Crippen LogP) is 4.48. The van der Waals surface area contributed by atoms with Crippen LogP contribution in [0.4, 0.5) is 23.0 Å². The summed E-state index contributed by atoms with van der Waals surface area (Å²) in [6, 6.07) is 15.9. The van der Waals surface area contributed by atoms with Crippen LogP contribution in [0.15, 0.2) is 64.6 Å². The van der Waals surface area contributed by atoms with Crippen molar-refractivity contribution in [2.24, 2.45) is 0 Å². The number of hydrogen-bond acceptors (Lipinski definition) is 7. The maximum atomic E-state index is 11.6. The van der Waals surface area contributed by atoms with Crippen molar-refractivity contribution in [2.75, 3.05) is 41.8 Å². The Morgan fingerprint density at radius 3 is 2.45 bits per heavy atom. The summed E-state index contributed by atoms with van der Waals surface area (Å²) in [5.41, 5.74) is 3.81. The van der Waals surface area contributed by atoms with Gasteiger partial charge in [-0.25, -0.2) is 9.97 Å². The molecule has 8 heteroatoms. The highest BCUT2D eigenvalue weighted by Crippen LogP contribution is 2.30. The van der Waals surface area contributed by atoms with E-state index in [1.54, 1.807) is 18.7 Å². The Kier molecular flexibility index (Phi) is 7.45. The number of benzene rings is 2. The fraction of sp³-hybridized carbons (Fsp3) is 0.240. The van der Waals surface area contributed by atoms with Crippen molar-refractivity contribution in [2.45, 2.75) is 23.8 Å². The van der Waals surface area contributed by atoms with Gasteiger partial charge in [0.15, 0.2) is 0 Å². The number of carbonyl (C=O) groups is 1. The Morgan fingerprint density at radius 2 is 1.76 bits per heavy atom. The summed E-state index contributed by atoms with van der Waals surface area (Å²) in [5.74, 6) is 5.27. The Bertz CT molecular complexity index is 1160. The molecule has 1 aliphatic heterocycles. The van der Waals surface area contributed by atoms with E-state index in [0.29, 0.717) is 11.6 Å². The SMILES string of the molecule is CC#CC(=O)Nc1ccc(Sc2nc(Nc3ccc(N4CCOCC4)cc3)ncc2C)cc1. The number of nitrogens with one attached hydrogen (secondary N) is 2. The lowest BCUT2D eigenvalue weighted by Gasteiger charge is -2.28. The molecular weight excluding hydrogens is 434 g/mol. The van der Waals surface area contributed by atoms with E-state index in [-0.39, 0.29) is 5.91 Å². The molecule has 1 aromatic heterocycles. The van der Waals surface area contributed by atoms with Crippen LogP contribution in [0.2, 0.25) is 0 Å². The van der Waals surface area contributed by atoms with Crippen LogP contribution in [0.5, 0.6) is 0 Å². The van der Waals surface area contributed by atoms with E-state index in [4.69, 9.17) is 9.72 Å². The maximum absolute atomic E-state index is 11.6. The van der Waals surface area contributed by atoms with Gasteiger partial charge in [0.1, 0.15) is 5.03 Å². The van der Waals surface area contributed by atoms with Crippen LogP contribution in [0.1, 0.15) is 12.5 Å². The number of anilines is 4. The lowest BCUT2D eigenvalue weighted by Crippen LogP contribution is -2.36. The summed E-state index contributed by atoms with van der Waals surface area (Å²) in [5, 5.41) is 6.90. The monoisotopic (exact) mass is 459 g/mol. The van der Waals surface area contributed by atoms with E-state index in [9.17, 15) is 4.79 Å². The first-order valence-electron chi connectivity index (χ1n) is 10.7. The summed E-state index contributed by atoms with van der Waals surface area (Å²) in [6.07, 6.45) is 1.82. The Hall–Kier alpha value is -3.54. The first-order chi connectivity index (χ1) is 16.1. The molecule has 4 rings (SSSR count). The van der Waals surface area contributed by atoms with Gasteiger partial charge in [0.2, 0.25) is 5.95 Å². The van der Waals surface area contributed by atoms with Gasteiger partial charge in [0, 0.05) is 46.8 Å². The molecule has 7 nitrogen and oxygen atoms in total. The topological polar surface area (TPSA) is 79.4 Å². The molecule has 0 aliphatic carbocycles. The van der Waals surface area contributed by atoms with Gasteiger partial charge in [-0.05, 0) is 68.3 Å². The summed E-state index contributed by atoms with van der Waals surface area (Å²) < 4.78 is 5.42. The second-order valence-electron chi connectivity index (χ2n) is 7.41. The largest absolute Gasteiger partial charge is 0.378 e. The maximum Gasteiger partial charge on any atom is 0.300 e. The van der Waals surface area contributed by atoms with Crippen LogP contribution < -0.4 is 15.5 Å². The molecule has 3 aromatic rings. The molecular formula is C25H25N5O2S. The summed E-state index contributed by atoms with van der Waals surface area (Å²) >= 11 is 1.55. The van der Waals surface area contributed by atoms with Crippen molar-refractivity contribution in [3.8, 4) is 11.8 Å². The van der Waals surface area contributed by atoms with Gasteiger partial charge in [0.05, 0.1) is 13.2 Å². The molecule has 1 fully saturated rings. The third-order valence-electron chi connectivity index (χ3n) is 4.99. The number of nitrogens with zero attached hydrogens (tertiary/aromatic N) is 3. The Morgan fingerprint density at radius 1 is 1.06 bits per heavy atom. The summed E-state index contributed by atoms with van der Waals surface area (Å²) in [7, 11) is 0. The molecule has 1 aliphatic rings. The van der Waals surface area contributed by atoms with Gasteiger partial charge in [-0.15, -0.1) is 0 Å². The quantitative estimate of drug-likeness (QED) is 0.416. The van der Waals surface area contributed by atoms with Gasteiger partial charge in [0.25, 0.3) is 5.91 Å². The average molecular weight is 460 g/mol. The molecule has 0 atom stereocenters. The third-order valence-corrected chi connectivity index (χ3v) is 6.10. The first kappa shape index (κ1) is 22.6. The lowest BCUT2D eigenvalue weighted by molar-refractivity contribution is -0.111. The minimum absolute atomic E-state index is 0.321. The molecule has 0 spiro atoms. The Labute approximate surface area is 198 Å². The van der Waals surface area contributed by atoms with Crippen LogP contribution in [0.3, 0.4) is 0 Å². The highest BCUT2D eigenvalue weighted by atomic mass is 32.2. The van der Waals surface area contributed by atoms with Gasteiger partial charge in [-0.2, -0.15) is 0 Å². The van der Waals surface area contributed by atoms with Crippen LogP contribution in [0, 0.1) is 18.8 Å². The molecule has 2 heterocycles. The predicted molar refractivity (Wildman–Crippen MR) is 132 cm³/mol. The van der Waals surface area contributed by atoms with Crippen molar-refractivity contribution in [3.05, 3.63) is 60.3 Å². The molecule has 0 bridgehead atoms. The molecule has 2 N–H and O–H groups in total. The van der Waals surface area contributed by atoms with Crippen molar-refractivity contribution in [3.63, 3.8) is 0 Å². The molecule has 0 saturated carbocycles. The minimum atomic E-state index is -0.321. The molecule has 1 saturated heterocycles. The van der Waals surface area contributed by atoms with E-state index in [1.165, 1.54) is 5.69 Å².